The lowest BCUT2D eigenvalue weighted by molar-refractivity contribution is 0.0413. The Balaban J connectivity index is 1.63. The first-order chi connectivity index (χ1) is 19.3. The fourth-order valence-corrected chi connectivity index (χ4v) is 5.57. The van der Waals surface area contributed by atoms with E-state index in [-0.39, 0.29) is 17.9 Å². The summed E-state index contributed by atoms with van der Waals surface area (Å²) < 4.78 is 58.5. The Labute approximate surface area is 235 Å². The molecule has 3 rings (SSSR count). The smallest absolute Gasteiger partial charge is 0.404 e. The number of carbonyl (C=O) groups excluding carboxylic acids is 1. The van der Waals surface area contributed by atoms with E-state index in [4.69, 9.17) is 9.26 Å². The number of rotatable bonds is 16. The number of unbranched alkanes of at least 4 members (excludes halogenated alkanes) is 5. The third kappa shape index (κ3) is 8.00. The van der Waals surface area contributed by atoms with Gasteiger partial charge in [0.1, 0.15) is 5.75 Å². The number of benzene rings is 3. The standard InChI is InChI=1S/C31H38F2NO5P/c1-4-6-7-8-9-12-23-38-27-21-19-25(20-22-27)24-15-17-26(18-16-24)30(35)34-29-14-11-10-13-28(29)31(32,33)40(36,37-3)39-5-2/h10-11,13-22H,4-9,12,23H2,1-3H3,(H,34,35). The third-order valence-electron chi connectivity index (χ3n) is 6.48. The van der Waals surface area contributed by atoms with Crippen molar-refractivity contribution in [3.63, 3.8) is 0 Å². The van der Waals surface area contributed by atoms with Gasteiger partial charge in [0.05, 0.1) is 24.5 Å². The molecule has 216 valence electrons. The second kappa shape index (κ2) is 15.1. The number of hydrogen-bond donors (Lipinski definition) is 1. The fourth-order valence-electron chi connectivity index (χ4n) is 4.24. The van der Waals surface area contributed by atoms with Gasteiger partial charge in [-0.15, -0.1) is 0 Å². The number of carbonyl (C=O) groups is 1. The molecule has 3 aromatic rings. The predicted octanol–water partition coefficient (Wildman–Crippen LogP) is 9.27. The molecule has 1 amide bonds. The molecule has 1 atom stereocenters. The Morgan fingerprint density at radius 1 is 0.850 bits per heavy atom. The van der Waals surface area contributed by atoms with Crippen LogP contribution in [-0.4, -0.2) is 26.2 Å². The molecule has 0 heterocycles. The largest absolute Gasteiger partial charge is 0.494 e. The van der Waals surface area contributed by atoms with E-state index in [2.05, 4.69) is 16.8 Å². The molecule has 1 unspecified atom stereocenters. The van der Waals surface area contributed by atoms with Crippen molar-refractivity contribution in [3.8, 4) is 16.9 Å². The number of para-hydroxylation sites is 1. The minimum Gasteiger partial charge on any atom is -0.494 e. The third-order valence-corrected chi connectivity index (χ3v) is 8.49. The van der Waals surface area contributed by atoms with E-state index in [0.717, 1.165) is 36.5 Å². The molecule has 0 saturated heterocycles. The van der Waals surface area contributed by atoms with Crippen LogP contribution in [0.15, 0.2) is 72.8 Å². The van der Waals surface area contributed by atoms with Crippen molar-refractivity contribution in [2.45, 2.75) is 58.0 Å². The van der Waals surface area contributed by atoms with Crippen LogP contribution in [0, 0.1) is 0 Å². The van der Waals surface area contributed by atoms with Gasteiger partial charge in [0.2, 0.25) is 0 Å². The van der Waals surface area contributed by atoms with E-state index in [1.807, 2.05) is 24.3 Å². The van der Waals surface area contributed by atoms with Gasteiger partial charge in [-0.2, -0.15) is 8.78 Å². The summed E-state index contributed by atoms with van der Waals surface area (Å²) in [5, 5.41) is 2.51. The average molecular weight is 574 g/mol. The summed E-state index contributed by atoms with van der Waals surface area (Å²) in [5.41, 5.74) is -2.69. The molecule has 6 nitrogen and oxygen atoms in total. The van der Waals surface area contributed by atoms with Crippen molar-refractivity contribution in [2.75, 3.05) is 25.6 Å². The van der Waals surface area contributed by atoms with E-state index < -0.39 is 24.7 Å². The molecule has 0 aromatic heterocycles. The van der Waals surface area contributed by atoms with Crippen LogP contribution in [0.25, 0.3) is 11.1 Å². The molecule has 3 aromatic carbocycles. The fraction of sp³-hybridized carbons (Fsp3) is 0.387. The van der Waals surface area contributed by atoms with Crippen LogP contribution < -0.4 is 10.1 Å². The summed E-state index contributed by atoms with van der Waals surface area (Å²) >= 11 is 0. The Kier molecular flexibility index (Phi) is 11.9. The normalized spacial score (nSPS) is 13.0. The molecule has 0 aliphatic carbocycles. The predicted molar refractivity (Wildman–Crippen MR) is 155 cm³/mol. The minimum absolute atomic E-state index is 0.185. The van der Waals surface area contributed by atoms with E-state index in [0.29, 0.717) is 6.61 Å². The highest BCUT2D eigenvalue weighted by atomic mass is 31.2. The molecule has 0 radical (unpaired) electrons. The maximum atomic E-state index is 15.2. The van der Waals surface area contributed by atoms with E-state index in [1.54, 1.807) is 24.3 Å². The van der Waals surface area contributed by atoms with Crippen LogP contribution in [0.5, 0.6) is 5.75 Å². The zero-order valence-corrected chi connectivity index (χ0v) is 24.2. The van der Waals surface area contributed by atoms with Crippen molar-refractivity contribution < 1.29 is 31.9 Å². The van der Waals surface area contributed by atoms with Gasteiger partial charge in [0, 0.05) is 12.7 Å². The molecule has 40 heavy (non-hydrogen) atoms. The van der Waals surface area contributed by atoms with Gasteiger partial charge in [0.15, 0.2) is 0 Å². The van der Waals surface area contributed by atoms with E-state index >= 15 is 8.78 Å². The SMILES string of the molecule is CCCCCCCCOc1ccc(-c2ccc(C(=O)Nc3ccccc3C(F)(F)P(=O)(OC)OCC)cc2)cc1. The van der Waals surface area contributed by atoms with Gasteiger partial charge in [-0.25, -0.2) is 0 Å². The van der Waals surface area contributed by atoms with Crippen LogP contribution in [-0.2, 0) is 19.3 Å². The molecule has 0 aliphatic rings. The van der Waals surface area contributed by atoms with E-state index in [1.165, 1.54) is 57.2 Å². The van der Waals surface area contributed by atoms with Gasteiger partial charge >= 0.3 is 13.3 Å². The molecular formula is C31H38F2NO5P. The highest BCUT2D eigenvalue weighted by molar-refractivity contribution is 7.54. The number of nitrogens with one attached hydrogen (secondary N) is 1. The van der Waals surface area contributed by atoms with Crippen LogP contribution >= 0.6 is 7.60 Å². The van der Waals surface area contributed by atoms with Crippen LogP contribution in [0.1, 0.15) is 68.3 Å². The maximum Gasteiger partial charge on any atom is 0.404 e. The monoisotopic (exact) mass is 573 g/mol. The molecule has 0 aliphatic heterocycles. The van der Waals surface area contributed by atoms with Crippen LogP contribution in [0.2, 0.25) is 0 Å². The summed E-state index contributed by atoms with van der Waals surface area (Å²) in [6.45, 7) is 4.12. The number of halogens is 2. The average Bonchev–Trinajstić information content (AvgIpc) is 2.97. The molecule has 0 saturated carbocycles. The first-order valence-electron chi connectivity index (χ1n) is 13.7. The molecule has 0 spiro atoms. The zero-order chi connectivity index (χ0) is 29.0. The lowest BCUT2D eigenvalue weighted by Crippen LogP contribution is -2.21. The Bertz CT molecular complexity index is 1270. The van der Waals surface area contributed by atoms with Crippen LogP contribution in [0.4, 0.5) is 14.5 Å². The van der Waals surface area contributed by atoms with Crippen molar-refractivity contribution in [1.29, 1.82) is 0 Å². The summed E-state index contributed by atoms with van der Waals surface area (Å²) in [4.78, 5) is 12.9. The second-order valence-corrected chi connectivity index (χ2v) is 11.5. The number of anilines is 1. The molecule has 1 N–H and O–H groups in total. The maximum absolute atomic E-state index is 15.2. The number of alkyl halides is 2. The lowest BCUT2D eigenvalue weighted by atomic mass is 10.0. The number of amides is 1. The molecule has 0 bridgehead atoms. The highest BCUT2D eigenvalue weighted by Crippen LogP contribution is 2.67. The van der Waals surface area contributed by atoms with Crippen LogP contribution in [0.3, 0.4) is 0 Å². The number of hydrogen-bond acceptors (Lipinski definition) is 5. The molecular weight excluding hydrogens is 535 g/mol. The first kappa shape index (κ1) is 31.5. The Hall–Kier alpha value is -3.06. The van der Waals surface area contributed by atoms with Crippen molar-refractivity contribution in [2.24, 2.45) is 0 Å². The van der Waals surface area contributed by atoms with Gasteiger partial charge in [-0.1, -0.05) is 81.5 Å². The summed E-state index contributed by atoms with van der Waals surface area (Å²) in [6, 6.07) is 19.8. The molecule has 9 heteroatoms. The summed E-state index contributed by atoms with van der Waals surface area (Å²) in [6.07, 6.45) is 7.26. The van der Waals surface area contributed by atoms with Crippen molar-refractivity contribution in [3.05, 3.63) is 83.9 Å². The number of ether oxygens (including phenoxy) is 1. The van der Waals surface area contributed by atoms with E-state index in [9.17, 15) is 9.36 Å². The highest BCUT2D eigenvalue weighted by Gasteiger charge is 2.55. The summed E-state index contributed by atoms with van der Waals surface area (Å²) in [5.74, 6) is 0.225. The summed E-state index contributed by atoms with van der Waals surface area (Å²) in [7, 11) is -3.91. The van der Waals surface area contributed by atoms with Crippen molar-refractivity contribution in [1.82, 2.24) is 0 Å². The zero-order valence-electron chi connectivity index (χ0n) is 23.3. The minimum atomic E-state index is -4.82. The Morgan fingerprint density at radius 2 is 1.45 bits per heavy atom. The Morgan fingerprint density at radius 3 is 2.08 bits per heavy atom. The first-order valence-corrected chi connectivity index (χ1v) is 15.2. The lowest BCUT2D eigenvalue weighted by Gasteiger charge is -2.26. The molecule has 0 fully saturated rings. The van der Waals surface area contributed by atoms with Gasteiger partial charge in [-0.3, -0.25) is 9.36 Å². The van der Waals surface area contributed by atoms with Crippen molar-refractivity contribution >= 4 is 19.2 Å². The van der Waals surface area contributed by atoms with Gasteiger partial charge in [-0.05, 0) is 54.8 Å². The van der Waals surface area contributed by atoms with Gasteiger partial charge in [0.25, 0.3) is 5.91 Å². The second-order valence-electron chi connectivity index (χ2n) is 9.36. The topological polar surface area (TPSA) is 73.9 Å². The van der Waals surface area contributed by atoms with Gasteiger partial charge < -0.3 is 19.1 Å². The quantitative estimate of drug-likeness (QED) is 0.137.